The number of aromatic nitrogens is 3. The molecule has 0 unspecified atom stereocenters. The van der Waals surface area contributed by atoms with Crippen molar-refractivity contribution < 1.29 is 9.53 Å². The number of hydrogen-bond donors (Lipinski definition) is 2. The van der Waals surface area contributed by atoms with E-state index in [0.717, 1.165) is 23.5 Å². The molecule has 1 aliphatic rings. The van der Waals surface area contributed by atoms with Gasteiger partial charge in [0.15, 0.2) is 5.82 Å². The minimum absolute atomic E-state index is 0.127. The van der Waals surface area contributed by atoms with E-state index in [1.165, 1.54) is 11.8 Å². The summed E-state index contributed by atoms with van der Waals surface area (Å²) in [4.78, 5) is 13.2. The molecule has 2 atom stereocenters. The van der Waals surface area contributed by atoms with E-state index < -0.39 is 5.25 Å². The molecule has 7 nitrogen and oxygen atoms in total. The summed E-state index contributed by atoms with van der Waals surface area (Å²) in [6.45, 7) is 2.01. The molecule has 4 rings (SSSR count). The molecule has 0 bridgehead atoms. The molecule has 1 aliphatic heterocycles. The molecule has 3 aromatic rings. The average Bonchev–Trinajstić information content (AvgIpc) is 3.15. The Bertz CT molecular complexity index is 1030. The molecule has 0 aliphatic carbocycles. The van der Waals surface area contributed by atoms with E-state index in [4.69, 9.17) is 16.3 Å². The van der Waals surface area contributed by atoms with Crippen LogP contribution in [0.3, 0.4) is 0 Å². The third kappa shape index (κ3) is 3.90. The first-order valence-electron chi connectivity index (χ1n) is 9.17. The van der Waals surface area contributed by atoms with Crippen LogP contribution in [0.4, 0.5) is 5.69 Å². The van der Waals surface area contributed by atoms with Gasteiger partial charge in [0.2, 0.25) is 11.1 Å². The first kappa shape index (κ1) is 19.6. The van der Waals surface area contributed by atoms with Crippen LogP contribution in [-0.2, 0) is 11.2 Å². The van der Waals surface area contributed by atoms with Gasteiger partial charge in [0.1, 0.15) is 11.0 Å². The molecule has 0 fully saturated rings. The summed E-state index contributed by atoms with van der Waals surface area (Å²) in [5.41, 5.74) is 5.02. The number of para-hydroxylation sites is 1. The number of fused-ring (bicyclic) bond motifs is 1. The summed E-state index contributed by atoms with van der Waals surface area (Å²) < 4.78 is 7.11. The number of halogens is 1. The zero-order valence-corrected chi connectivity index (χ0v) is 17.5. The maximum absolute atomic E-state index is 13.2. The summed E-state index contributed by atoms with van der Waals surface area (Å²) in [5.74, 6) is 1.26. The molecule has 9 heteroatoms. The number of anilines is 1. The molecule has 0 spiro atoms. The lowest BCUT2D eigenvalue weighted by molar-refractivity contribution is -0.116. The van der Waals surface area contributed by atoms with Crippen molar-refractivity contribution >= 4 is 35.0 Å². The van der Waals surface area contributed by atoms with E-state index in [-0.39, 0.29) is 11.9 Å². The second kappa shape index (κ2) is 8.34. The molecule has 29 heavy (non-hydrogen) atoms. The van der Waals surface area contributed by atoms with Crippen molar-refractivity contribution in [2.24, 2.45) is 0 Å². The molecule has 0 saturated heterocycles. The van der Waals surface area contributed by atoms with E-state index in [1.807, 2.05) is 54.1 Å². The minimum atomic E-state index is -0.471. The zero-order valence-electron chi connectivity index (χ0n) is 15.9. The highest BCUT2D eigenvalue weighted by Crippen LogP contribution is 2.39. The Morgan fingerprint density at radius 1 is 1.28 bits per heavy atom. The lowest BCUT2D eigenvalue weighted by atomic mass is 10.0. The Morgan fingerprint density at radius 2 is 2.07 bits per heavy atom. The molecular formula is C20H20ClN5O2S. The lowest BCUT2D eigenvalue weighted by Crippen LogP contribution is -2.41. The number of carbonyl (C=O) groups is 1. The second-order valence-corrected chi connectivity index (χ2v) is 8.00. The summed E-state index contributed by atoms with van der Waals surface area (Å²) in [6.07, 6.45) is 0.720. The van der Waals surface area contributed by atoms with E-state index in [0.29, 0.717) is 15.9 Å². The third-order valence-corrected chi connectivity index (χ3v) is 6.17. The summed E-state index contributed by atoms with van der Waals surface area (Å²) >= 11 is 7.73. The van der Waals surface area contributed by atoms with Crippen LogP contribution in [0.5, 0.6) is 5.75 Å². The van der Waals surface area contributed by atoms with Crippen LogP contribution in [-0.4, -0.2) is 33.1 Å². The standard InChI is InChI=1S/C20H20ClN5O2S/c1-3-16-23-24-20-26(16)25-17(12-9-10-15(28-2)14(21)11-12)18(29-20)19(27)22-13-7-5-4-6-8-13/h4-11,17-18,25H,3H2,1-2H3,(H,22,27)/t17-,18-/m0/s1. The highest BCUT2D eigenvalue weighted by atomic mass is 35.5. The van der Waals surface area contributed by atoms with Crippen molar-refractivity contribution in [3.8, 4) is 5.75 Å². The number of aryl methyl sites for hydroxylation is 1. The van der Waals surface area contributed by atoms with Gasteiger partial charge in [0, 0.05) is 12.1 Å². The maximum atomic E-state index is 13.2. The Morgan fingerprint density at radius 3 is 2.76 bits per heavy atom. The predicted molar refractivity (Wildman–Crippen MR) is 114 cm³/mol. The molecule has 2 heterocycles. The van der Waals surface area contributed by atoms with Crippen molar-refractivity contribution in [2.75, 3.05) is 17.9 Å². The number of nitrogens with one attached hydrogen (secondary N) is 2. The van der Waals surface area contributed by atoms with Gasteiger partial charge in [0.05, 0.1) is 18.2 Å². The first-order valence-corrected chi connectivity index (χ1v) is 10.4. The van der Waals surface area contributed by atoms with Gasteiger partial charge >= 0.3 is 0 Å². The smallest absolute Gasteiger partial charge is 0.240 e. The molecule has 0 radical (unpaired) electrons. The fourth-order valence-corrected chi connectivity index (χ4v) is 4.55. The highest BCUT2D eigenvalue weighted by molar-refractivity contribution is 8.00. The predicted octanol–water partition coefficient (Wildman–Crippen LogP) is 3.90. The number of methoxy groups -OCH3 is 1. The van der Waals surface area contributed by atoms with Crippen LogP contribution in [0.2, 0.25) is 5.02 Å². The van der Waals surface area contributed by atoms with Gasteiger partial charge in [-0.25, -0.2) is 4.68 Å². The molecule has 1 amide bonds. The third-order valence-electron chi connectivity index (χ3n) is 4.65. The van der Waals surface area contributed by atoms with Crippen molar-refractivity contribution in [1.29, 1.82) is 0 Å². The quantitative estimate of drug-likeness (QED) is 0.640. The Labute approximate surface area is 177 Å². The molecule has 0 saturated carbocycles. The van der Waals surface area contributed by atoms with E-state index >= 15 is 0 Å². The van der Waals surface area contributed by atoms with Crippen LogP contribution in [0, 0.1) is 0 Å². The van der Waals surface area contributed by atoms with Gasteiger partial charge in [-0.2, -0.15) is 0 Å². The van der Waals surface area contributed by atoms with Crippen molar-refractivity contribution in [2.45, 2.75) is 29.8 Å². The minimum Gasteiger partial charge on any atom is -0.495 e. The van der Waals surface area contributed by atoms with E-state index in [1.54, 1.807) is 13.2 Å². The topological polar surface area (TPSA) is 81.1 Å². The SMILES string of the molecule is CCc1nnc2n1N[C@@H](c1ccc(OC)c(Cl)c1)[C@@H](C(=O)Nc1ccccc1)S2. The number of hydrogen-bond acceptors (Lipinski definition) is 6. The number of rotatable bonds is 5. The largest absolute Gasteiger partial charge is 0.495 e. The zero-order chi connectivity index (χ0) is 20.4. The number of amides is 1. The summed E-state index contributed by atoms with van der Waals surface area (Å²) in [6, 6.07) is 14.6. The van der Waals surface area contributed by atoms with Crippen molar-refractivity contribution in [3.63, 3.8) is 0 Å². The Balaban J connectivity index is 1.69. The van der Waals surface area contributed by atoms with Gasteiger partial charge in [-0.15, -0.1) is 10.2 Å². The summed E-state index contributed by atoms with van der Waals surface area (Å²) in [7, 11) is 1.57. The van der Waals surface area contributed by atoms with Gasteiger partial charge in [0.25, 0.3) is 0 Å². The fourth-order valence-electron chi connectivity index (χ4n) is 3.19. The highest BCUT2D eigenvalue weighted by Gasteiger charge is 2.38. The second-order valence-electron chi connectivity index (χ2n) is 6.48. The van der Waals surface area contributed by atoms with Crippen LogP contribution in [0.15, 0.2) is 53.7 Å². The van der Waals surface area contributed by atoms with E-state index in [2.05, 4.69) is 20.9 Å². The Kier molecular flexibility index (Phi) is 5.64. The lowest BCUT2D eigenvalue weighted by Gasteiger charge is -2.33. The maximum Gasteiger partial charge on any atom is 0.240 e. The molecule has 2 aromatic carbocycles. The number of thioether (sulfide) groups is 1. The van der Waals surface area contributed by atoms with Gasteiger partial charge in [-0.1, -0.05) is 54.6 Å². The fraction of sp³-hybridized carbons (Fsp3) is 0.250. The van der Waals surface area contributed by atoms with Gasteiger partial charge < -0.3 is 15.5 Å². The van der Waals surface area contributed by atoms with Crippen LogP contribution >= 0.6 is 23.4 Å². The number of carbonyl (C=O) groups excluding carboxylic acids is 1. The number of benzene rings is 2. The normalized spacial score (nSPS) is 17.9. The average molecular weight is 430 g/mol. The monoisotopic (exact) mass is 429 g/mol. The van der Waals surface area contributed by atoms with Crippen LogP contribution in [0.1, 0.15) is 24.4 Å². The molecule has 150 valence electrons. The Hall–Kier alpha value is -2.71. The van der Waals surface area contributed by atoms with Crippen LogP contribution < -0.4 is 15.5 Å². The summed E-state index contributed by atoms with van der Waals surface area (Å²) in [5, 5.41) is 12.1. The van der Waals surface area contributed by atoms with Crippen molar-refractivity contribution in [3.05, 3.63) is 64.9 Å². The van der Waals surface area contributed by atoms with Crippen molar-refractivity contribution in [1.82, 2.24) is 14.9 Å². The number of nitrogens with zero attached hydrogens (tertiary/aromatic N) is 3. The number of ether oxygens (including phenoxy) is 1. The molecular weight excluding hydrogens is 410 g/mol. The molecule has 2 N–H and O–H groups in total. The molecule has 1 aromatic heterocycles. The van der Waals surface area contributed by atoms with Gasteiger partial charge in [-0.05, 0) is 29.8 Å². The van der Waals surface area contributed by atoms with Crippen LogP contribution in [0.25, 0.3) is 0 Å². The van der Waals surface area contributed by atoms with Gasteiger partial charge in [-0.3, -0.25) is 4.79 Å². The first-order chi connectivity index (χ1) is 14.1. The van der Waals surface area contributed by atoms with E-state index in [9.17, 15) is 4.79 Å².